The standard InChI is InChI=1S/C12H9Cl2NO5S/c13-7-1-5-6(2-8(7)14)12(18)15(11(5)17)9-3-21(19,20)4-10(9)16/h1-2,9-10,16H,3-4H2/t9-,10-/m1/s1. The molecule has 2 aliphatic rings. The Morgan fingerprint density at radius 3 is 1.90 bits per heavy atom. The van der Waals surface area contributed by atoms with Crippen molar-refractivity contribution in [2.24, 2.45) is 0 Å². The molecule has 2 aliphatic heterocycles. The maximum absolute atomic E-state index is 12.3. The van der Waals surface area contributed by atoms with Gasteiger partial charge >= 0.3 is 0 Å². The van der Waals surface area contributed by atoms with Gasteiger partial charge in [0.2, 0.25) is 0 Å². The van der Waals surface area contributed by atoms with E-state index in [1.165, 1.54) is 12.1 Å². The molecule has 1 saturated heterocycles. The Labute approximate surface area is 130 Å². The van der Waals surface area contributed by atoms with E-state index in [-0.39, 0.29) is 21.2 Å². The predicted octanol–water partition coefficient (Wildman–Crippen LogP) is 0.747. The molecular formula is C12H9Cl2NO5S. The second-order valence-electron chi connectivity index (χ2n) is 5.00. The summed E-state index contributed by atoms with van der Waals surface area (Å²) in [6, 6.07) is 1.46. The molecule has 0 aliphatic carbocycles. The van der Waals surface area contributed by atoms with Crippen LogP contribution in [0.5, 0.6) is 0 Å². The second kappa shape index (κ2) is 4.67. The second-order valence-corrected chi connectivity index (χ2v) is 7.97. The van der Waals surface area contributed by atoms with E-state index in [2.05, 4.69) is 0 Å². The minimum Gasteiger partial charge on any atom is -0.390 e. The van der Waals surface area contributed by atoms with Gasteiger partial charge in [0.15, 0.2) is 9.84 Å². The van der Waals surface area contributed by atoms with Crippen molar-refractivity contribution in [3.05, 3.63) is 33.3 Å². The lowest BCUT2D eigenvalue weighted by Crippen LogP contribution is -2.46. The van der Waals surface area contributed by atoms with E-state index < -0.39 is 45.3 Å². The molecule has 1 N–H and O–H groups in total. The molecule has 1 fully saturated rings. The monoisotopic (exact) mass is 349 g/mol. The summed E-state index contributed by atoms with van der Waals surface area (Å²) in [5, 5.41) is 10.1. The minimum atomic E-state index is -3.48. The zero-order valence-electron chi connectivity index (χ0n) is 10.4. The Morgan fingerprint density at radius 2 is 1.52 bits per heavy atom. The number of aliphatic hydroxyl groups excluding tert-OH is 1. The molecule has 1 aromatic rings. The molecule has 112 valence electrons. The summed E-state index contributed by atoms with van der Waals surface area (Å²) in [5.74, 6) is -2.25. The van der Waals surface area contributed by atoms with Crippen molar-refractivity contribution in [3.8, 4) is 0 Å². The number of hydrogen-bond donors (Lipinski definition) is 1. The van der Waals surface area contributed by atoms with Crippen LogP contribution in [0.4, 0.5) is 0 Å². The summed E-state index contributed by atoms with van der Waals surface area (Å²) in [4.78, 5) is 25.4. The molecule has 2 atom stereocenters. The molecule has 0 radical (unpaired) electrons. The highest BCUT2D eigenvalue weighted by Crippen LogP contribution is 2.34. The molecule has 1 aromatic carbocycles. The Kier molecular flexibility index (Phi) is 3.29. The van der Waals surface area contributed by atoms with Crippen molar-refractivity contribution in [1.29, 1.82) is 0 Å². The van der Waals surface area contributed by atoms with Gasteiger partial charge in [-0.1, -0.05) is 23.2 Å². The molecule has 9 heteroatoms. The summed E-state index contributed by atoms with van der Waals surface area (Å²) in [7, 11) is -3.48. The van der Waals surface area contributed by atoms with Gasteiger partial charge in [0.25, 0.3) is 11.8 Å². The van der Waals surface area contributed by atoms with Crippen molar-refractivity contribution in [2.75, 3.05) is 11.5 Å². The number of carbonyl (C=O) groups is 2. The van der Waals surface area contributed by atoms with Crippen molar-refractivity contribution in [3.63, 3.8) is 0 Å². The molecule has 0 unspecified atom stereocenters. The third-order valence-electron chi connectivity index (χ3n) is 3.58. The highest BCUT2D eigenvalue weighted by Gasteiger charge is 2.48. The summed E-state index contributed by atoms with van der Waals surface area (Å²) in [6.45, 7) is 0. The van der Waals surface area contributed by atoms with Gasteiger partial charge in [0.1, 0.15) is 0 Å². The van der Waals surface area contributed by atoms with Crippen LogP contribution in [0.2, 0.25) is 10.0 Å². The quantitative estimate of drug-likeness (QED) is 0.755. The van der Waals surface area contributed by atoms with Crippen LogP contribution in [0.15, 0.2) is 12.1 Å². The lowest BCUT2D eigenvalue weighted by molar-refractivity contribution is 0.0451. The fraction of sp³-hybridized carbons (Fsp3) is 0.333. The smallest absolute Gasteiger partial charge is 0.261 e. The first-order valence-corrected chi connectivity index (χ1v) is 8.54. The normalized spacial score (nSPS) is 27.3. The Balaban J connectivity index is 2.05. The molecular weight excluding hydrogens is 341 g/mol. The number of rotatable bonds is 1. The minimum absolute atomic E-state index is 0.0610. The molecule has 21 heavy (non-hydrogen) atoms. The van der Waals surface area contributed by atoms with Gasteiger partial charge in [0.05, 0.1) is 44.8 Å². The predicted molar refractivity (Wildman–Crippen MR) is 75.4 cm³/mol. The molecule has 0 spiro atoms. The third kappa shape index (κ3) is 2.24. The SMILES string of the molecule is O=C1c2cc(Cl)c(Cl)cc2C(=O)N1[C@@H]1CS(=O)(=O)C[C@H]1O. The van der Waals surface area contributed by atoms with Crippen molar-refractivity contribution in [1.82, 2.24) is 4.90 Å². The van der Waals surface area contributed by atoms with Gasteiger partial charge < -0.3 is 5.11 Å². The van der Waals surface area contributed by atoms with E-state index in [0.717, 1.165) is 4.90 Å². The maximum Gasteiger partial charge on any atom is 0.261 e. The van der Waals surface area contributed by atoms with Crippen LogP contribution < -0.4 is 0 Å². The molecule has 0 saturated carbocycles. The van der Waals surface area contributed by atoms with Crippen molar-refractivity contribution < 1.29 is 23.1 Å². The van der Waals surface area contributed by atoms with Crippen LogP contribution in [0.25, 0.3) is 0 Å². The van der Waals surface area contributed by atoms with Crippen LogP contribution in [0.1, 0.15) is 20.7 Å². The van der Waals surface area contributed by atoms with E-state index in [1.54, 1.807) is 0 Å². The first-order chi connectivity index (χ1) is 9.71. The van der Waals surface area contributed by atoms with Crippen LogP contribution >= 0.6 is 23.2 Å². The fourth-order valence-electron chi connectivity index (χ4n) is 2.61. The average Bonchev–Trinajstić information content (AvgIpc) is 2.76. The van der Waals surface area contributed by atoms with E-state index in [4.69, 9.17) is 23.2 Å². The van der Waals surface area contributed by atoms with Gasteiger partial charge in [-0.05, 0) is 12.1 Å². The van der Waals surface area contributed by atoms with Gasteiger partial charge in [0, 0.05) is 0 Å². The Bertz CT molecular complexity index is 735. The number of imide groups is 1. The number of hydrogen-bond acceptors (Lipinski definition) is 5. The van der Waals surface area contributed by atoms with E-state index >= 15 is 0 Å². The van der Waals surface area contributed by atoms with Crippen LogP contribution in [0.3, 0.4) is 0 Å². The highest BCUT2D eigenvalue weighted by molar-refractivity contribution is 7.91. The number of nitrogens with zero attached hydrogens (tertiary/aromatic N) is 1. The number of sulfone groups is 1. The maximum atomic E-state index is 12.3. The van der Waals surface area contributed by atoms with E-state index in [0.29, 0.717) is 0 Å². The zero-order chi connectivity index (χ0) is 15.5. The summed E-state index contributed by atoms with van der Waals surface area (Å²) in [5.41, 5.74) is 0.122. The number of aliphatic hydroxyl groups is 1. The van der Waals surface area contributed by atoms with Crippen LogP contribution in [-0.4, -0.2) is 53.9 Å². The number of benzene rings is 1. The lowest BCUT2D eigenvalue weighted by Gasteiger charge is -2.23. The van der Waals surface area contributed by atoms with Gasteiger partial charge in [-0.3, -0.25) is 14.5 Å². The number of amides is 2. The third-order valence-corrected chi connectivity index (χ3v) is 6.00. The Hall–Kier alpha value is -1.15. The first kappa shape index (κ1) is 14.8. The first-order valence-electron chi connectivity index (χ1n) is 5.97. The van der Waals surface area contributed by atoms with Crippen molar-refractivity contribution >= 4 is 44.9 Å². The van der Waals surface area contributed by atoms with Gasteiger partial charge in [-0.15, -0.1) is 0 Å². The molecule has 3 rings (SSSR count). The van der Waals surface area contributed by atoms with Gasteiger partial charge in [-0.25, -0.2) is 8.42 Å². The van der Waals surface area contributed by atoms with Gasteiger partial charge in [-0.2, -0.15) is 0 Å². The van der Waals surface area contributed by atoms with Crippen molar-refractivity contribution in [2.45, 2.75) is 12.1 Å². The number of fused-ring (bicyclic) bond motifs is 1. The summed E-state index contributed by atoms with van der Waals surface area (Å²) in [6.07, 6.45) is -1.29. The highest BCUT2D eigenvalue weighted by atomic mass is 35.5. The van der Waals surface area contributed by atoms with Crippen LogP contribution in [0, 0.1) is 0 Å². The van der Waals surface area contributed by atoms with E-state index in [1.807, 2.05) is 0 Å². The zero-order valence-corrected chi connectivity index (χ0v) is 12.7. The fourth-order valence-corrected chi connectivity index (χ4v) is 4.71. The molecule has 6 nitrogen and oxygen atoms in total. The topological polar surface area (TPSA) is 91.8 Å². The molecule has 2 heterocycles. The largest absolute Gasteiger partial charge is 0.390 e. The molecule has 0 aromatic heterocycles. The summed E-state index contributed by atoms with van der Waals surface area (Å²) < 4.78 is 23.1. The number of carbonyl (C=O) groups excluding carboxylic acids is 2. The number of halogens is 2. The summed E-state index contributed by atoms with van der Waals surface area (Å²) >= 11 is 11.7. The molecule has 0 bridgehead atoms. The average molecular weight is 350 g/mol. The van der Waals surface area contributed by atoms with Crippen LogP contribution in [-0.2, 0) is 9.84 Å². The Morgan fingerprint density at radius 1 is 1.05 bits per heavy atom. The molecule has 2 amide bonds. The van der Waals surface area contributed by atoms with E-state index in [9.17, 15) is 23.1 Å². The lowest BCUT2D eigenvalue weighted by atomic mass is 10.1.